The molecule has 2 aromatic carbocycles. The van der Waals surface area contributed by atoms with Crippen LogP contribution in [0.5, 0.6) is 0 Å². The Morgan fingerprint density at radius 2 is 1.81 bits per heavy atom. The summed E-state index contributed by atoms with van der Waals surface area (Å²) in [6, 6.07) is 8.97. The number of hydrogen-bond acceptors (Lipinski definition) is 5. The molecule has 0 spiro atoms. The molecule has 1 atom stereocenters. The summed E-state index contributed by atoms with van der Waals surface area (Å²) in [4.78, 5) is 34.7. The fraction of sp³-hybridized carbons (Fsp3) is 0.176. The molecule has 0 saturated carbocycles. The van der Waals surface area contributed by atoms with Crippen molar-refractivity contribution in [3.63, 3.8) is 0 Å². The van der Waals surface area contributed by atoms with Gasteiger partial charge in [0, 0.05) is 34.2 Å². The van der Waals surface area contributed by atoms with E-state index in [-0.39, 0.29) is 17.7 Å². The molecule has 2 rings (SSSR count). The van der Waals surface area contributed by atoms with Crippen LogP contribution in [-0.2, 0) is 16.0 Å². The summed E-state index contributed by atoms with van der Waals surface area (Å²) >= 11 is 12.2. The molecule has 7 nitrogen and oxygen atoms in total. The second-order valence-electron chi connectivity index (χ2n) is 5.26. The number of halogens is 2. The molecule has 0 radical (unpaired) electrons. The van der Waals surface area contributed by atoms with Crippen molar-refractivity contribution in [3.05, 3.63) is 73.8 Å². The van der Waals surface area contributed by atoms with Gasteiger partial charge in [-0.3, -0.25) is 14.9 Å². The van der Waals surface area contributed by atoms with Crippen molar-refractivity contribution < 1.29 is 19.2 Å². The molecule has 0 saturated heterocycles. The molecule has 0 unspecified atom stereocenters. The number of amides is 1. The minimum atomic E-state index is -1.07. The first-order chi connectivity index (χ1) is 12.3. The number of hydrogen-bond donors (Lipinski definition) is 1. The highest BCUT2D eigenvalue weighted by atomic mass is 35.5. The number of carbonyl (C=O) groups is 2. The Balaban J connectivity index is 2.25. The zero-order valence-corrected chi connectivity index (χ0v) is 15.1. The van der Waals surface area contributed by atoms with Crippen molar-refractivity contribution in [2.24, 2.45) is 0 Å². The van der Waals surface area contributed by atoms with Crippen LogP contribution in [0.25, 0.3) is 0 Å². The van der Waals surface area contributed by atoms with Gasteiger partial charge in [-0.2, -0.15) is 0 Å². The van der Waals surface area contributed by atoms with E-state index in [9.17, 15) is 19.7 Å². The van der Waals surface area contributed by atoms with Crippen molar-refractivity contribution in [1.82, 2.24) is 5.32 Å². The van der Waals surface area contributed by atoms with E-state index >= 15 is 0 Å². The number of carbonyl (C=O) groups excluding carboxylic acids is 2. The molecule has 0 aliphatic carbocycles. The van der Waals surface area contributed by atoms with Gasteiger partial charge in [-0.05, 0) is 23.8 Å². The van der Waals surface area contributed by atoms with E-state index < -0.39 is 22.8 Å². The zero-order chi connectivity index (χ0) is 19.3. The molecule has 0 aliphatic rings. The third-order valence-corrected chi connectivity index (χ3v) is 4.29. The number of nitrogens with zero attached hydrogens (tertiary/aromatic N) is 1. The van der Waals surface area contributed by atoms with E-state index in [0.717, 1.165) is 6.07 Å². The first kappa shape index (κ1) is 19.7. The Morgan fingerprint density at radius 3 is 2.38 bits per heavy atom. The summed E-state index contributed by atoms with van der Waals surface area (Å²) in [5.74, 6) is -1.35. The van der Waals surface area contributed by atoms with Gasteiger partial charge >= 0.3 is 5.97 Å². The van der Waals surface area contributed by atoms with Crippen LogP contribution in [0.3, 0.4) is 0 Å². The van der Waals surface area contributed by atoms with Crippen LogP contribution in [0.1, 0.15) is 15.9 Å². The number of ether oxygens (including phenoxy) is 1. The van der Waals surface area contributed by atoms with Crippen LogP contribution in [0.4, 0.5) is 5.69 Å². The van der Waals surface area contributed by atoms with Crippen LogP contribution in [0.15, 0.2) is 42.5 Å². The highest BCUT2D eigenvalue weighted by molar-refractivity contribution is 6.36. The molecule has 0 bridgehead atoms. The average molecular weight is 397 g/mol. The van der Waals surface area contributed by atoms with Gasteiger partial charge in [0.05, 0.1) is 12.0 Å². The topological polar surface area (TPSA) is 98.5 Å². The Bertz CT molecular complexity index is 837. The maximum absolute atomic E-state index is 12.4. The second-order valence-corrected chi connectivity index (χ2v) is 6.08. The van der Waals surface area contributed by atoms with Gasteiger partial charge in [-0.15, -0.1) is 0 Å². The number of methoxy groups -OCH3 is 1. The molecule has 9 heteroatoms. The van der Waals surface area contributed by atoms with Crippen LogP contribution < -0.4 is 5.32 Å². The van der Waals surface area contributed by atoms with E-state index in [0.29, 0.717) is 15.6 Å². The number of rotatable bonds is 6. The highest BCUT2D eigenvalue weighted by Crippen LogP contribution is 2.26. The highest BCUT2D eigenvalue weighted by Gasteiger charge is 2.25. The first-order valence-electron chi connectivity index (χ1n) is 7.39. The summed E-state index contributed by atoms with van der Waals surface area (Å²) in [6.45, 7) is 0. The lowest BCUT2D eigenvalue weighted by Gasteiger charge is -2.18. The van der Waals surface area contributed by atoms with E-state index in [1.165, 1.54) is 25.3 Å². The Kier molecular flexibility index (Phi) is 6.54. The van der Waals surface area contributed by atoms with Gasteiger partial charge in [0.1, 0.15) is 6.04 Å². The summed E-state index contributed by atoms with van der Waals surface area (Å²) in [6.07, 6.45) is 0.00580. The van der Waals surface area contributed by atoms with Crippen LogP contribution in [0.2, 0.25) is 10.0 Å². The average Bonchev–Trinajstić information content (AvgIpc) is 2.63. The fourth-order valence-corrected chi connectivity index (χ4v) is 2.82. The van der Waals surface area contributed by atoms with Gasteiger partial charge in [-0.25, -0.2) is 4.79 Å². The maximum Gasteiger partial charge on any atom is 0.328 e. The molecule has 1 N–H and O–H groups in total. The van der Waals surface area contributed by atoms with Gasteiger partial charge in [0.25, 0.3) is 11.6 Å². The molecule has 1 amide bonds. The zero-order valence-electron chi connectivity index (χ0n) is 13.6. The minimum absolute atomic E-state index is 0.00580. The maximum atomic E-state index is 12.4. The Hall–Kier alpha value is -2.64. The second kappa shape index (κ2) is 8.64. The minimum Gasteiger partial charge on any atom is -0.467 e. The van der Waals surface area contributed by atoms with Crippen molar-refractivity contribution in [2.75, 3.05) is 7.11 Å². The summed E-state index contributed by atoms with van der Waals surface area (Å²) < 4.78 is 4.71. The predicted octanol–water partition coefficient (Wildman–Crippen LogP) is 3.42. The number of esters is 1. The van der Waals surface area contributed by atoms with Gasteiger partial charge in [-0.1, -0.05) is 35.3 Å². The third-order valence-electron chi connectivity index (χ3n) is 3.58. The number of benzene rings is 2. The number of nitro groups is 1. The molecule has 0 heterocycles. The molecule has 0 aliphatic heterocycles. The molecule has 0 fully saturated rings. The van der Waals surface area contributed by atoms with Crippen molar-refractivity contribution in [2.45, 2.75) is 12.5 Å². The molecular weight excluding hydrogens is 383 g/mol. The Labute approximate surface area is 159 Å². The van der Waals surface area contributed by atoms with E-state index in [4.69, 9.17) is 27.9 Å². The summed E-state index contributed by atoms with van der Waals surface area (Å²) in [5.41, 5.74) is 0.283. The fourth-order valence-electron chi connectivity index (χ4n) is 2.27. The van der Waals surface area contributed by atoms with Crippen LogP contribution in [0, 0.1) is 10.1 Å². The molecule has 2 aromatic rings. The van der Waals surface area contributed by atoms with Crippen LogP contribution >= 0.6 is 23.2 Å². The summed E-state index contributed by atoms with van der Waals surface area (Å²) in [5, 5.41) is 14.0. The lowest BCUT2D eigenvalue weighted by atomic mass is 10.0. The Morgan fingerprint density at radius 1 is 1.19 bits per heavy atom. The number of non-ortho nitro benzene ring substituents is 1. The van der Waals surface area contributed by atoms with E-state index in [1.54, 1.807) is 18.2 Å². The first-order valence-corrected chi connectivity index (χ1v) is 8.15. The predicted molar refractivity (Wildman–Crippen MR) is 96.5 cm³/mol. The van der Waals surface area contributed by atoms with Gasteiger partial charge < -0.3 is 10.1 Å². The molecule has 0 aromatic heterocycles. The quantitative estimate of drug-likeness (QED) is 0.458. The van der Waals surface area contributed by atoms with Gasteiger partial charge in [0.15, 0.2) is 0 Å². The smallest absolute Gasteiger partial charge is 0.328 e. The lowest BCUT2D eigenvalue weighted by Crippen LogP contribution is -2.43. The van der Waals surface area contributed by atoms with Crippen molar-refractivity contribution in [3.8, 4) is 0 Å². The number of nitrogens with one attached hydrogen (secondary N) is 1. The molecular formula is C17H14Cl2N2O5. The lowest BCUT2D eigenvalue weighted by molar-refractivity contribution is -0.384. The summed E-state index contributed by atoms with van der Waals surface area (Å²) in [7, 11) is 1.18. The van der Waals surface area contributed by atoms with E-state index in [1.807, 2.05) is 0 Å². The SMILES string of the molecule is COC(=O)[C@@H](Cc1c(Cl)cccc1Cl)NC(=O)c1cccc([N+](=O)[O-])c1. The van der Waals surface area contributed by atoms with E-state index in [2.05, 4.69) is 5.32 Å². The molecule has 136 valence electrons. The van der Waals surface area contributed by atoms with Gasteiger partial charge in [0.2, 0.25) is 0 Å². The molecule has 26 heavy (non-hydrogen) atoms. The van der Waals surface area contributed by atoms with Crippen molar-refractivity contribution in [1.29, 1.82) is 0 Å². The third kappa shape index (κ3) is 4.71. The normalized spacial score (nSPS) is 11.5. The standard InChI is InChI=1S/C17H14Cl2N2O5/c1-26-17(23)15(9-12-13(18)6-3-7-14(12)19)20-16(22)10-4-2-5-11(8-10)21(24)25/h2-8,15H,9H2,1H3,(H,20,22)/t15-/m1/s1. The largest absolute Gasteiger partial charge is 0.467 e. The van der Waals surface area contributed by atoms with Crippen LogP contribution in [-0.4, -0.2) is 30.0 Å². The number of nitro benzene ring substituents is 1. The monoisotopic (exact) mass is 396 g/mol. The van der Waals surface area contributed by atoms with Crippen molar-refractivity contribution >= 4 is 40.8 Å².